The highest BCUT2D eigenvalue weighted by molar-refractivity contribution is 7.91. The Hall–Kier alpha value is -0.920. The van der Waals surface area contributed by atoms with Crippen molar-refractivity contribution in [3.05, 3.63) is 17.0 Å². The Bertz CT molecular complexity index is 642. The van der Waals surface area contributed by atoms with Crippen molar-refractivity contribution in [1.29, 1.82) is 0 Å². The first-order valence-electron chi connectivity index (χ1n) is 8.46. The second kappa shape index (κ2) is 7.32. The van der Waals surface area contributed by atoms with Crippen molar-refractivity contribution in [1.82, 2.24) is 9.62 Å². The van der Waals surface area contributed by atoms with Gasteiger partial charge in [0.2, 0.25) is 10.0 Å². The zero-order valence-corrected chi connectivity index (χ0v) is 14.9. The molecule has 1 N–H and O–H groups in total. The first-order valence-corrected chi connectivity index (χ1v) is 10.8. The van der Waals surface area contributed by atoms with Gasteiger partial charge in [-0.15, -0.1) is 11.3 Å². The predicted molar refractivity (Wildman–Crippen MR) is 91.3 cm³/mol. The first kappa shape index (κ1) is 16.9. The van der Waals surface area contributed by atoms with Crippen LogP contribution in [0.1, 0.15) is 61.7 Å². The molecule has 0 atom stereocenters. The highest BCUT2D eigenvalue weighted by atomic mass is 32.2. The van der Waals surface area contributed by atoms with Crippen LogP contribution in [0.3, 0.4) is 0 Å². The molecule has 1 aliphatic heterocycles. The summed E-state index contributed by atoms with van der Waals surface area (Å²) in [5.41, 5.74) is 0.501. The monoisotopic (exact) mass is 356 g/mol. The maximum Gasteiger partial charge on any atom is 0.254 e. The van der Waals surface area contributed by atoms with Crippen LogP contribution in [0.4, 0.5) is 0 Å². The second-order valence-electron chi connectivity index (χ2n) is 6.46. The van der Waals surface area contributed by atoms with Gasteiger partial charge in [0.05, 0.1) is 5.56 Å². The van der Waals surface area contributed by atoms with Crippen LogP contribution in [0.15, 0.2) is 15.7 Å². The van der Waals surface area contributed by atoms with Crippen LogP contribution in [0.2, 0.25) is 0 Å². The SMILES string of the molecule is O=C(c1csc(S(=O)(=O)NC2CCCCC2)c1)N1CCCCC1. The van der Waals surface area contributed by atoms with Crippen LogP contribution < -0.4 is 4.72 Å². The number of hydrogen-bond donors (Lipinski definition) is 1. The summed E-state index contributed by atoms with van der Waals surface area (Å²) in [5.74, 6) is -0.0416. The zero-order chi connectivity index (χ0) is 16.3. The van der Waals surface area contributed by atoms with E-state index in [-0.39, 0.29) is 16.2 Å². The number of piperidine rings is 1. The van der Waals surface area contributed by atoms with Gasteiger partial charge in [0.15, 0.2) is 0 Å². The molecule has 1 saturated heterocycles. The number of nitrogens with one attached hydrogen (secondary N) is 1. The van der Waals surface area contributed by atoms with Crippen molar-refractivity contribution < 1.29 is 13.2 Å². The molecular formula is C16H24N2O3S2. The molecule has 128 valence electrons. The quantitative estimate of drug-likeness (QED) is 0.902. The van der Waals surface area contributed by atoms with E-state index in [0.29, 0.717) is 5.56 Å². The molecule has 2 fully saturated rings. The van der Waals surface area contributed by atoms with Gasteiger partial charge in [-0.3, -0.25) is 4.79 Å². The summed E-state index contributed by atoms with van der Waals surface area (Å²) in [4.78, 5) is 14.3. The third-order valence-corrected chi connectivity index (χ3v) is 7.62. The Balaban J connectivity index is 1.68. The molecule has 7 heteroatoms. The zero-order valence-electron chi connectivity index (χ0n) is 13.3. The Kier molecular flexibility index (Phi) is 5.38. The molecule has 0 bridgehead atoms. The lowest BCUT2D eigenvalue weighted by Crippen LogP contribution is -2.36. The minimum absolute atomic E-state index is 0.0390. The number of hydrogen-bond acceptors (Lipinski definition) is 4. The second-order valence-corrected chi connectivity index (χ2v) is 9.32. The summed E-state index contributed by atoms with van der Waals surface area (Å²) in [7, 11) is -3.51. The van der Waals surface area contributed by atoms with Crippen LogP contribution in [-0.4, -0.2) is 38.4 Å². The molecule has 1 aromatic heterocycles. The van der Waals surface area contributed by atoms with Gasteiger partial charge in [-0.05, 0) is 38.2 Å². The standard InChI is InChI=1S/C16H24N2O3S2/c19-16(18-9-5-2-6-10-18)13-11-15(22-12-13)23(20,21)17-14-7-3-1-4-8-14/h11-12,14,17H,1-10H2. The highest BCUT2D eigenvalue weighted by Crippen LogP contribution is 2.25. The van der Waals surface area contributed by atoms with Crippen LogP contribution in [0.25, 0.3) is 0 Å². The van der Waals surface area contributed by atoms with Gasteiger partial charge >= 0.3 is 0 Å². The molecule has 23 heavy (non-hydrogen) atoms. The number of rotatable bonds is 4. The van der Waals surface area contributed by atoms with E-state index in [2.05, 4.69) is 4.72 Å². The third-order valence-electron chi connectivity index (χ3n) is 4.66. The molecule has 0 aromatic carbocycles. The van der Waals surface area contributed by atoms with E-state index in [1.165, 1.54) is 18.9 Å². The van der Waals surface area contributed by atoms with Crippen molar-refractivity contribution in [2.75, 3.05) is 13.1 Å². The summed E-state index contributed by atoms with van der Waals surface area (Å²) in [6.45, 7) is 1.55. The summed E-state index contributed by atoms with van der Waals surface area (Å²) in [6, 6.07) is 1.57. The maximum atomic E-state index is 12.5. The van der Waals surface area contributed by atoms with Gasteiger partial charge in [-0.25, -0.2) is 13.1 Å². The van der Waals surface area contributed by atoms with Gasteiger partial charge in [0.1, 0.15) is 4.21 Å². The minimum atomic E-state index is -3.51. The van der Waals surface area contributed by atoms with E-state index < -0.39 is 10.0 Å². The molecule has 1 aromatic rings. The van der Waals surface area contributed by atoms with Crippen molar-refractivity contribution >= 4 is 27.3 Å². The number of likely N-dealkylation sites (tertiary alicyclic amines) is 1. The van der Waals surface area contributed by atoms with Crippen LogP contribution in [0.5, 0.6) is 0 Å². The molecule has 1 aliphatic carbocycles. The van der Waals surface area contributed by atoms with Gasteiger partial charge in [0, 0.05) is 24.5 Å². The predicted octanol–water partition coefficient (Wildman–Crippen LogP) is 2.99. The van der Waals surface area contributed by atoms with E-state index in [9.17, 15) is 13.2 Å². The first-order chi connectivity index (χ1) is 11.1. The van der Waals surface area contributed by atoms with E-state index in [1.54, 1.807) is 5.38 Å². The fourth-order valence-corrected chi connectivity index (χ4v) is 5.82. The molecule has 1 amide bonds. The van der Waals surface area contributed by atoms with Gasteiger partial charge in [-0.1, -0.05) is 19.3 Å². The van der Waals surface area contributed by atoms with Crippen molar-refractivity contribution in [3.63, 3.8) is 0 Å². The normalized spacial score (nSPS) is 20.6. The molecule has 5 nitrogen and oxygen atoms in total. The summed E-state index contributed by atoms with van der Waals surface area (Å²) in [5, 5.41) is 1.67. The number of amides is 1. The minimum Gasteiger partial charge on any atom is -0.339 e. The lowest BCUT2D eigenvalue weighted by atomic mass is 9.96. The molecule has 2 heterocycles. The molecule has 3 rings (SSSR count). The smallest absolute Gasteiger partial charge is 0.254 e. The van der Waals surface area contributed by atoms with Gasteiger partial charge in [-0.2, -0.15) is 0 Å². The van der Waals surface area contributed by atoms with Gasteiger partial charge in [0.25, 0.3) is 5.91 Å². The molecule has 2 aliphatic rings. The Morgan fingerprint density at radius 2 is 1.74 bits per heavy atom. The Morgan fingerprint density at radius 3 is 2.43 bits per heavy atom. The lowest BCUT2D eigenvalue weighted by molar-refractivity contribution is 0.0725. The molecule has 0 unspecified atom stereocenters. The van der Waals surface area contributed by atoms with Crippen LogP contribution >= 0.6 is 11.3 Å². The number of sulfonamides is 1. The molecule has 1 saturated carbocycles. The van der Waals surface area contributed by atoms with Crippen LogP contribution in [0, 0.1) is 0 Å². The topological polar surface area (TPSA) is 66.5 Å². The number of nitrogens with zero attached hydrogens (tertiary/aromatic N) is 1. The van der Waals surface area contributed by atoms with E-state index >= 15 is 0 Å². The number of carbonyl (C=O) groups excluding carboxylic acids is 1. The maximum absolute atomic E-state index is 12.5. The van der Waals surface area contributed by atoms with E-state index in [4.69, 9.17) is 0 Å². The average Bonchev–Trinajstić information content (AvgIpc) is 3.06. The van der Waals surface area contributed by atoms with E-state index in [1.807, 2.05) is 4.90 Å². The largest absolute Gasteiger partial charge is 0.339 e. The fraction of sp³-hybridized carbons (Fsp3) is 0.688. The fourth-order valence-electron chi connectivity index (χ4n) is 3.35. The number of carbonyl (C=O) groups is 1. The summed E-state index contributed by atoms with van der Waals surface area (Å²) in [6.07, 6.45) is 8.39. The Labute approximate surface area is 142 Å². The molecule has 0 radical (unpaired) electrons. The third kappa shape index (κ3) is 4.14. The van der Waals surface area contributed by atoms with Crippen molar-refractivity contribution in [2.45, 2.75) is 61.6 Å². The number of thiophene rings is 1. The summed E-state index contributed by atoms with van der Waals surface area (Å²) >= 11 is 1.14. The van der Waals surface area contributed by atoms with Crippen LogP contribution in [-0.2, 0) is 10.0 Å². The Morgan fingerprint density at radius 1 is 1.09 bits per heavy atom. The van der Waals surface area contributed by atoms with E-state index in [0.717, 1.165) is 63.0 Å². The van der Waals surface area contributed by atoms with Crippen molar-refractivity contribution in [3.8, 4) is 0 Å². The highest BCUT2D eigenvalue weighted by Gasteiger charge is 2.25. The van der Waals surface area contributed by atoms with Gasteiger partial charge < -0.3 is 4.90 Å². The lowest BCUT2D eigenvalue weighted by Gasteiger charge is -2.26. The van der Waals surface area contributed by atoms with Crippen molar-refractivity contribution in [2.24, 2.45) is 0 Å². The molecule has 0 spiro atoms. The molecular weight excluding hydrogens is 332 g/mol. The average molecular weight is 357 g/mol. The summed E-state index contributed by atoms with van der Waals surface area (Å²) < 4.78 is 28.0.